The summed E-state index contributed by atoms with van der Waals surface area (Å²) in [5, 5.41) is 2.33. The van der Waals surface area contributed by atoms with Crippen LogP contribution in [0.1, 0.15) is 29.1 Å². The summed E-state index contributed by atoms with van der Waals surface area (Å²) in [5.41, 5.74) is 7.60. The first-order valence-corrected chi connectivity index (χ1v) is 7.63. The first-order chi connectivity index (χ1) is 9.50. The van der Waals surface area contributed by atoms with Crippen LogP contribution in [0.4, 0.5) is 5.69 Å². The van der Waals surface area contributed by atoms with Gasteiger partial charge in [-0.1, -0.05) is 29.8 Å². The summed E-state index contributed by atoms with van der Waals surface area (Å²) in [6.45, 7) is 4.45. The Hall–Kier alpha value is -1.52. The van der Waals surface area contributed by atoms with E-state index in [2.05, 4.69) is 0 Å². The van der Waals surface area contributed by atoms with Crippen LogP contribution in [0.25, 0.3) is 0 Å². The number of hydrogen-bond acceptors (Lipinski definition) is 3. The highest BCUT2D eigenvalue weighted by Crippen LogP contribution is 2.26. The molecule has 3 nitrogen and oxygen atoms in total. The van der Waals surface area contributed by atoms with Gasteiger partial charge in [0.25, 0.3) is 5.91 Å². The van der Waals surface area contributed by atoms with Gasteiger partial charge in [-0.05, 0) is 36.9 Å². The van der Waals surface area contributed by atoms with E-state index in [0.29, 0.717) is 22.1 Å². The maximum atomic E-state index is 12.6. The summed E-state index contributed by atoms with van der Waals surface area (Å²) >= 11 is 7.42. The van der Waals surface area contributed by atoms with Crippen LogP contribution in [0.2, 0.25) is 5.02 Å². The van der Waals surface area contributed by atoms with Gasteiger partial charge in [0, 0.05) is 18.3 Å². The van der Waals surface area contributed by atoms with E-state index in [1.54, 1.807) is 11.0 Å². The number of hydrogen-bond donors (Lipinski definition) is 1. The maximum Gasteiger partial charge on any atom is 0.265 e. The fourth-order valence-corrected chi connectivity index (χ4v) is 3.02. The summed E-state index contributed by atoms with van der Waals surface area (Å²) in [4.78, 5) is 15.0. The molecule has 20 heavy (non-hydrogen) atoms. The zero-order chi connectivity index (χ0) is 14.7. The molecule has 1 amide bonds. The minimum Gasteiger partial charge on any atom is -0.398 e. The summed E-state index contributed by atoms with van der Waals surface area (Å²) in [5.74, 6) is -0.0525. The largest absolute Gasteiger partial charge is 0.398 e. The molecule has 0 fully saturated rings. The average Bonchev–Trinajstić information content (AvgIpc) is 2.83. The molecule has 0 spiro atoms. The van der Waals surface area contributed by atoms with E-state index < -0.39 is 0 Å². The van der Waals surface area contributed by atoms with E-state index in [-0.39, 0.29) is 11.9 Å². The molecule has 0 atom stereocenters. The molecule has 2 aromatic rings. The molecule has 106 valence electrons. The molecule has 1 aromatic carbocycles. The number of nitrogens with two attached hydrogens (primary N) is 1. The van der Waals surface area contributed by atoms with Gasteiger partial charge < -0.3 is 10.6 Å². The average molecular weight is 309 g/mol. The Morgan fingerprint density at radius 3 is 2.60 bits per heavy atom. The number of para-hydroxylation sites is 1. The fraction of sp³-hybridized carbons (Fsp3) is 0.267. The Bertz CT molecular complexity index is 609. The zero-order valence-electron chi connectivity index (χ0n) is 11.5. The van der Waals surface area contributed by atoms with Gasteiger partial charge in [0.05, 0.1) is 5.02 Å². The SMILES string of the molecule is CC(C)N(Cc1ccccc1N)C(=O)c1sccc1Cl. The van der Waals surface area contributed by atoms with E-state index in [1.165, 1.54) is 11.3 Å². The van der Waals surface area contributed by atoms with Gasteiger partial charge in [-0.3, -0.25) is 4.79 Å². The number of halogens is 1. The summed E-state index contributed by atoms with van der Waals surface area (Å²) in [6.07, 6.45) is 0. The van der Waals surface area contributed by atoms with E-state index in [0.717, 1.165) is 5.56 Å². The number of rotatable bonds is 4. The monoisotopic (exact) mass is 308 g/mol. The van der Waals surface area contributed by atoms with Crippen LogP contribution in [0.3, 0.4) is 0 Å². The van der Waals surface area contributed by atoms with Gasteiger partial charge in [-0.2, -0.15) is 0 Å². The number of nitrogen functional groups attached to an aromatic ring is 1. The van der Waals surface area contributed by atoms with Gasteiger partial charge in [0.15, 0.2) is 0 Å². The highest BCUT2D eigenvalue weighted by molar-refractivity contribution is 7.12. The molecule has 0 unspecified atom stereocenters. The van der Waals surface area contributed by atoms with Crippen molar-refractivity contribution in [2.45, 2.75) is 26.4 Å². The Labute approximate surface area is 128 Å². The Morgan fingerprint density at radius 2 is 2.05 bits per heavy atom. The van der Waals surface area contributed by atoms with Crippen molar-refractivity contribution in [3.8, 4) is 0 Å². The van der Waals surface area contributed by atoms with Gasteiger partial charge in [0.1, 0.15) is 4.88 Å². The molecule has 0 aliphatic heterocycles. The molecule has 0 saturated heterocycles. The fourth-order valence-electron chi connectivity index (χ4n) is 1.93. The highest BCUT2D eigenvalue weighted by Gasteiger charge is 2.22. The number of thiophene rings is 1. The lowest BCUT2D eigenvalue weighted by Gasteiger charge is -2.27. The Morgan fingerprint density at radius 1 is 1.35 bits per heavy atom. The van der Waals surface area contributed by atoms with E-state index >= 15 is 0 Å². The number of carbonyl (C=O) groups excluding carboxylic acids is 1. The van der Waals surface area contributed by atoms with Crippen molar-refractivity contribution in [2.24, 2.45) is 0 Å². The lowest BCUT2D eigenvalue weighted by atomic mass is 10.1. The van der Waals surface area contributed by atoms with Crippen LogP contribution < -0.4 is 5.73 Å². The predicted octanol–water partition coefficient (Wildman–Crippen LogP) is 4.03. The van der Waals surface area contributed by atoms with Crippen molar-refractivity contribution in [3.05, 3.63) is 51.2 Å². The van der Waals surface area contributed by atoms with Crippen molar-refractivity contribution in [1.29, 1.82) is 0 Å². The topological polar surface area (TPSA) is 46.3 Å². The number of carbonyl (C=O) groups is 1. The van der Waals surface area contributed by atoms with Crippen molar-refractivity contribution < 1.29 is 4.79 Å². The van der Waals surface area contributed by atoms with Gasteiger partial charge in [0.2, 0.25) is 0 Å². The third kappa shape index (κ3) is 3.14. The molecule has 2 rings (SSSR count). The minimum absolute atomic E-state index is 0.0525. The van der Waals surface area contributed by atoms with Crippen molar-refractivity contribution in [1.82, 2.24) is 4.90 Å². The second-order valence-electron chi connectivity index (χ2n) is 4.82. The van der Waals surface area contributed by atoms with Crippen LogP contribution in [-0.4, -0.2) is 16.8 Å². The molecule has 1 heterocycles. The summed E-state index contributed by atoms with van der Waals surface area (Å²) in [6, 6.07) is 9.41. The van der Waals surface area contributed by atoms with E-state index in [4.69, 9.17) is 17.3 Å². The van der Waals surface area contributed by atoms with Crippen LogP contribution in [-0.2, 0) is 6.54 Å². The normalized spacial score (nSPS) is 10.8. The quantitative estimate of drug-likeness (QED) is 0.867. The highest BCUT2D eigenvalue weighted by atomic mass is 35.5. The Kier molecular flexibility index (Phi) is 4.68. The van der Waals surface area contributed by atoms with E-state index in [9.17, 15) is 4.79 Å². The first kappa shape index (κ1) is 14.9. The standard InChI is InChI=1S/C15H17ClN2OS/c1-10(2)18(9-11-5-3-4-6-13(11)17)15(19)14-12(16)7-8-20-14/h3-8,10H,9,17H2,1-2H3. The molecule has 1 aromatic heterocycles. The second kappa shape index (κ2) is 6.29. The van der Waals surface area contributed by atoms with Crippen LogP contribution >= 0.6 is 22.9 Å². The lowest BCUT2D eigenvalue weighted by molar-refractivity contribution is 0.0696. The summed E-state index contributed by atoms with van der Waals surface area (Å²) in [7, 11) is 0. The zero-order valence-corrected chi connectivity index (χ0v) is 13.0. The second-order valence-corrected chi connectivity index (χ2v) is 6.15. The molecule has 0 aliphatic carbocycles. The molecular weight excluding hydrogens is 292 g/mol. The number of anilines is 1. The van der Waals surface area contributed by atoms with Crippen LogP contribution in [0.15, 0.2) is 35.7 Å². The Balaban J connectivity index is 2.27. The van der Waals surface area contributed by atoms with Crippen molar-refractivity contribution in [3.63, 3.8) is 0 Å². The van der Waals surface area contributed by atoms with Crippen molar-refractivity contribution in [2.75, 3.05) is 5.73 Å². The molecule has 5 heteroatoms. The molecule has 0 saturated carbocycles. The van der Waals surface area contributed by atoms with Crippen LogP contribution in [0, 0.1) is 0 Å². The van der Waals surface area contributed by atoms with Gasteiger partial charge in [-0.25, -0.2) is 0 Å². The maximum absolute atomic E-state index is 12.6. The predicted molar refractivity (Wildman–Crippen MR) is 85.2 cm³/mol. The molecule has 0 bridgehead atoms. The third-order valence-corrected chi connectivity index (χ3v) is 4.42. The smallest absolute Gasteiger partial charge is 0.265 e. The molecule has 2 N–H and O–H groups in total. The van der Waals surface area contributed by atoms with Crippen molar-refractivity contribution >= 4 is 34.5 Å². The number of nitrogens with zero attached hydrogens (tertiary/aromatic N) is 1. The minimum atomic E-state index is -0.0525. The number of amides is 1. The molecule has 0 aliphatic rings. The number of benzene rings is 1. The lowest BCUT2D eigenvalue weighted by Crippen LogP contribution is -2.36. The van der Waals surface area contributed by atoms with Gasteiger partial charge >= 0.3 is 0 Å². The van der Waals surface area contributed by atoms with Crippen LogP contribution in [0.5, 0.6) is 0 Å². The van der Waals surface area contributed by atoms with E-state index in [1.807, 2.05) is 43.5 Å². The first-order valence-electron chi connectivity index (χ1n) is 6.38. The molecular formula is C15H17ClN2OS. The van der Waals surface area contributed by atoms with Gasteiger partial charge in [-0.15, -0.1) is 11.3 Å². The molecule has 0 radical (unpaired) electrons. The summed E-state index contributed by atoms with van der Waals surface area (Å²) < 4.78 is 0. The third-order valence-electron chi connectivity index (χ3n) is 3.09.